The van der Waals surface area contributed by atoms with Gasteiger partial charge in [0.1, 0.15) is 23.2 Å². The van der Waals surface area contributed by atoms with Crippen LogP contribution in [0.5, 0.6) is 17.2 Å². The molecule has 2 aromatic heterocycles. The number of allylic oxidation sites excluding steroid dienone is 1. The zero-order valence-corrected chi connectivity index (χ0v) is 17.3. The Balaban J connectivity index is 1.85. The molecule has 8 nitrogen and oxygen atoms in total. The molecule has 0 amide bonds. The van der Waals surface area contributed by atoms with Gasteiger partial charge in [-0.05, 0) is 36.8 Å². The van der Waals surface area contributed by atoms with E-state index in [1.807, 2.05) is 19.1 Å². The van der Waals surface area contributed by atoms with Crippen LogP contribution in [0, 0.1) is 18.3 Å². The van der Waals surface area contributed by atoms with Crippen molar-refractivity contribution in [2.45, 2.75) is 19.4 Å². The maximum absolute atomic E-state index is 13.6. The Morgan fingerprint density at radius 3 is 2.61 bits per heavy atom. The molecule has 0 spiro atoms. The maximum atomic E-state index is 13.6. The van der Waals surface area contributed by atoms with E-state index in [0.29, 0.717) is 40.8 Å². The molecule has 3 heterocycles. The number of furan rings is 1. The summed E-state index contributed by atoms with van der Waals surface area (Å²) in [5, 5.41) is 9.67. The van der Waals surface area contributed by atoms with Gasteiger partial charge in [0.25, 0.3) is 5.56 Å². The third-order valence-electron chi connectivity index (χ3n) is 5.31. The van der Waals surface area contributed by atoms with Gasteiger partial charge in [0.15, 0.2) is 11.5 Å². The molecule has 0 bridgehead atoms. The van der Waals surface area contributed by atoms with Crippen molar-refractivity contribution in [2.24, 2.45) is 5.73 Å². The van der Waals surface area contributed by atoms with Crippen LogP contribution in [0.4, 0.5) is 0 Å². The van der Waals surface area contributed by atoms with Crippen molar-refractivity contribution in [3.63, 3.8) is 0 Å². The molecule has 0 saturated heterocycles. The first-order valence-corrected chi connectivity index (χ1v) is 9.54. The van der Waals surface area contributed by atoms with Gasteiger partial charge in [-0.1, -0.05) is 6.07 Å². The van der Waals surface area contributed by atoms with Crippen LogP contribution in [0.3, 0.4) is 0 Å². The number of aromatic nitrogens is 1. The van der Waals surface area contributed by atoms with E-state index in [9.17, 15) is 10.1 Å². The minimum Gasteiger partial charge on any atom is -0.493 e. The number of benzene rings is 1. The molecule has 31 heavy (non-hydrogen) atoms. The fourth-order valence-corrected chi connectivity index (χ4v) is 3.78. The van der Waals surface area contributed by atoms with Crippen molar-refractivity contribution in [3.05, 3.63) is 87.1 Å². The molecule has 0 saturated carbocycles. The zero-order chi connectivity index (χ0) is 22.1. The van der Waals surface area contributed by atoms with E-state index in [1.54, 1.807) is 43.1 Å². The average Bonchev–Trinajstić information content (AvgIpc) is 3.30. The van der Waals surface area contributed by atoms with E-state index in [4.69, 9.17) is 24.4 Å². The lowest BCUT2D eigenvalue weighted by Crippen LogP contribution is -2.32. The lowest BCUT2D eigenvalue weighted by atomic mass is 9.88. The van der Waals surface area contributed by atoms with Gasteiger partial charge in [0.05, 0.1) is 38.5 Å². The number of aryl methyl sites for hydroxylation is 1. The topological polar surface area (TPSA) is 113 Å². The highest BCUT2D eigenvalue weighted by atomic mass is 16.5. The summed E-state index contributed by atoms with van der Waals surface area (Å²) >= 11 is 0. The second-order valence-corrected chi connectivity index (χ2v) is 7.08. The summed E-state index contributed by atoms with van der Waals surface area (Å²) in [5.74, 6) is 1.17. The van der Waals surface area contributed by atoms with Crippen LogP contribution in [-0.2, 0) is 6.54 Å². The average molecular weight is 419 g/mol. The van der Waals surface area contributed by atoms with E-state index < -0.39 is 5.92 Å². The van der Waals surface area contributed by atoms with Crippen molar-refractivity contribution < 1.29 is 18.6 Å². The molecule has 8 heteroatoms. The number of hydrogen-bond acceptors (Lipinski definition) is 7. The fourth-order valence-electron chi connectivity index (χ4n) is 3.78. The van der Waals surface area contributed by atoms with Crippen LogP contribution >= 0.6 is 0 Å². The number of nitriles is 1. The van der Waals surface area contributed by atoms with Crippen molar-refractivity contribution in [3.8, 4) is 23.3 Å². The maximum Gasteiger partial charge on any atom is 0.259 e. The molecule has 2 N–H and O–H groups in total. The lowest BCUT2D eigenvalue weighted by Gasteiger charge is -2.26. The quantitative estimate of drug-likeness (QED) is 0.676. The van der Waals surface area contributed by atoms with E-state index in [-0.39, 0.29) is 17.0 Å². The third kappa shape index (κ3) is 3.40. The highest BCUT2D eigenvalue weighted by Crippen LogP contribution is 2.40. The third-order valence-corrected chi connectivity index (χ3v) is 5.31. The Morgan fingerprint density at radius 1 is 1.19 bits per heavy atom. The number of nitrogens with zero attached hydrogens (tertiary/aromatic N) is 2. The molecule has 1 aromatic carbocycles. The second kappa shape index (κ2) is 7.95. The molecular formula is C23H21N3O5. The van der Waals surface area contributed by atoms with Gasteiger partial charge in [-0.3, -0.25) is 4.79 Å². The number of pyridine rings is 1. The summed E-state index contributed by atoms with van der Waals surface area (Å²) in [7, 11) is 3.12. The first kappa shape index (κ1) is 20.2. The molecular weight excluding hydrogens is 398 g/mol. The Labute approximate surface area is 178 Å². The molecule has 158 valence electrons. The molecule has 4 rings (SSSR count). The smallest absolute Gasteiger partial charge is 0.259 e. The highest BCUT2D eigenvalue weighted by Gasteiger charge is 2.36. The monoisotopic (exact) mass is 419 g/mol. The van der Waals surface area contributed by atoms with Crippen LogP contribution in [0.2, 0.25) is 0 Å². The Kier molecular flexibility index (Phi) is 5.17. The number of hydrogen-bond donors (Lipinski definition) is 1. The molecule has 0 fully saturated rings. The van der Waals surface area contributed by atoms with E-state index >= 15 is 0 Å². The van der Waals surface area contributed by atoms with Gasteiger partial charge in [-0.15, -0.1) is 0 Å². The first-order chi connectivity index (χ1) is 15.0. The SMILES string of the molecule is COc1ccc(Cn2c(C)cc3c(c2=O)[C@@H](c2ccco2)C(C#N)=C(N)O3)cc1OC. The summed E-state index contributed by atoms with van der Waals surface area (Å²) in [6.45, 7) is 2.11. The Bertz CT molecular complexity index is 1270. The minimum absolute atomic E-state index is 0.0344. The normalized spacial score (nSPS) is 15.1. The van der Waals surface area contributed by atoms with Crippen LogP contribution < -0.4 is 25.5 Å². The van der Waals surface area contributed by atoms with Crippen LogP contribution in [-0.4, -0.2) is 18.8 Å². The van der Waals surface area contributed by atoms with Crippen molar-refractivity contribution in [1.82, 2.24) is 4.57 Å². The van der Waals surface area contributed by atoms with E-state index in [0.717, 1.165) is 5.56 Å². The van der Waals surface area contributed by atoms with Crippen molar-refractivity contribution in [2.75, 3.05) is 14.2 Å². The zero-order valence-electron chi connectivity index (χ0n) is 17.3. The Hall–Kier alpha value is -4.12. The molecule has 0 unspecified atom stereocenters. The van der Waals surface area contributed by atoms with Crippen LogP contribution in [0.15, 0.2) is 63.3 Å². The summed E-state index contributed by atoms with van der Waals surface area (Å²) in [4.78, 5) is 13.6. The highest BCUT2D eigenvalue weighted by molar-refractivity contribution is 5.53. The van der Waals surface area contributed by atoms with Gasteiger partial charge in [0, 0.05) is 11.8 Å². The van der Waals surface area contributed by atoms with E-state index in [1.165, 1.54) is 6.26 Å². The van der Waals surface area contributed by atoms with Gasteiger partial charge >= 0.3 is 0 Å². The summed E-state index contributed by atoms with van der Waals surface area (Å²) in [5.41, 5.74) is 7.68. The molecule has 1 aliphatic rings. The Morgan fingerprint density at radius 2 is 1.97 bits per heavy atom. The van der Waals surface area contributed by atoms with Crippen molar-refractivity contribution in [1.29, 1.82) is 5.26 Å². The molecule has 0 radical (unpaired) electrons. The first-order valence-electron chi connectivity index (χ1n) is 9.54. The number of ether oxygens (including phenoxy) is 3. The summed E-state index contributed by atoms with van der Waals surface area (Å²) < 4.78 is 23.5. The second-order valence-electron chi connectivity index (χ2n) is 7.08. The molecule has 3 aromatic rings. The number of nitrogens with two attached hydrogens (primary N) is 1. The number of rotatable bonds is 5. The van der Waals surface area contributed by atoms with Crippen LogP contribution in [0.25, 0.3) is 0 Å². The molecule has 1 aliphatic heterocycles. The predicted octanol–water partition coefficient (Wildman–Crippen LogP) is 3.03. The predicted molar refractivity (Wildman–Crippen MR) is 112 cm³/mol. The summed E-state index contributed by atoms with van der Waals surface area (Å²) in [6, 6.07) is 12.7. The van der Waals surface area contributed by atoms with Crippen molar-refractivity contribution >= 4 is 0 Å². The standard InChI is InChI=1S/C23H21N3O5/c1-13-9-19-21(20(17-5-4-8-30-17)15(11-24)22(25)31-19)23(27)26(13)12-14-6-7-16(28-2)18(10-14)29-3/h4-10,20H,12,25H2,1-3H3/t20-/m1/s1. The lowest BCUT2D eigenvalue weighted by molar-refractivity contribution is 0.354. The van der Waals surface area contributed by atoms with Gasteiger partial charge in [-0.2, -0.15) is 5.26 Å². The fraction of sp³-hybridized carbons (Fsp3) is 0.217. The van der Waals surface area contributed by atoms with Crippen LogP contribution in [0.1, 0.15) is 28.5 Å². The largest absolute Gasteiger partial charge is 0.493 e. The molecule has 1 atom stereocenters. The molecule has 0 aliphatic carbocycles. The minimum atomic E-state index is -0.742. The van der Waals surface area contributed by atoms with Gasteiger partial charge < -0.3 is 28.9 Å². The summed E-state index contributed by atoms with van der Waals surface area (Å²) in [6.07, 6.45) is 1.49. The number of methoxy groups -OCH3 is 2. The van der Waals surface area contributed by atoms with E-state index in [2.05, 4.69) is 6.07 Å². The van der Waals surface area contributed by atoms with Gasteiger partial charge in [-0.25, -0.2) is 0 Å². The van der Waals surface area contributed by atoms with Gasteiger partial charge in [0.2, 0.25) is 5.88 Å². The number of fused-ring (bicyclic) bond motifs is 1.